The van der Waals surface area contributed by atoms with E-state index in [1.165, 1.54) is 0 Å². The Labute approximate surface area is 108 Å². The Hall–Kier alpha value is -0.610. The number of rotatable bonds is 8. The van der Waals surface area contributed by atoms with Crippen LogP contribution >= 0.6 is 11.6 Å². The maximum atomic E-state index is 11.8. The highest BCUT2D eigenvalue weighted by molar-refractivity contribution is 6.18. The number of ketones is 1. The lowest BCUT2D eigenvalue weighted by Crippen LogP contribution is -2.38. The Kier molecular flexibility index (Phi) is 7.39. The smallest absolute Gasteiger partial charge is 0.319 e. The SMILES string of the molecule is CC(C)C(=O)C(C)(C)C(=O)OCCNCCCl. The van der Waals surface area contributed by atoms with E-state index in [0.29, 0.717) is 19.0 Å². The van der Waals surface area contributed by atoms with Crippen LogP contribution in [0, 0.1) is 11.3 Å². The fraction of sp³-hybridized carbons (Fsp3) is 0.833. The molecular formula is C12H22ClNO3. The van der Waals surface area contributed by atoms with Crippen molar-refractivity contribution >= 4 is 23.4 Å². The first-order chi connectivity index (χ1) is 7.84. The molecule has 17 heavy (non-hydrogen) atoms. The van der Waals surface area contributed by atoms with Gasteiger partial charge in [0, 0.05) is 24.9 Å². The zero-order valence-corrected chi connectivity index (χ0v) is 11.8. The second-order valence-corrected chi connectivity index (χ2v) is 5.10. The first-order valence-electron chi connectivity index (χ1n) is 5.82. The number of hydrogen-bond donors (Lipinski definition) is 1. The normalized spacial score (nSPS) is 11.6. The van der Waals surface area contributed by atoms with Gasteiger partial charge in [-0.2, -0.15) is 0 Å². The summed E-state index contributed by atoms with van der Waals surface area (Å²) in [5.41, 5.74) is -1.07. The van der Waals surface area contributed by atoms with Crippen molar-refractivity contribution in [3.63, 3.8) is 0 Å². The molecule has 0 unspecified atom stereocenters. The number of nitrogens with one attached hydrogen (secondary N) is 1. The monoisotopic (exact) mass is 263 g/mol. The van der Waals surface area contributed by atoms with Gasteiger partial charge in [0.15, 0.2) is 5.78 Å². The molecule has 0 heterocycles. The molecule has 0 atom stereocenters. The van der Waals surface area contributed by atoms with Gasteiger partial charge in [-0.05, 0) is 13.8 Å². The fourth-order valence-corrected chi connectivity index (χ4v) is 1.54. The molecule has 0 aromatic carbocycles. The van der Waals surface area contributed by atoms with E-state index in [1.807, 2.05) is 0 Å². The quantitative estimate of drug-likeness (QED) is 0.313. The van der Waals surface area contributed by atoms with Gasteiger partial charge in [-0.3, -0.25) is 9.59 Å². The molecule has 0 bridgehead atoms. The minimum absolute atomic E-state index is 0.101. The van der Waals surface area contributed by atoms with E-state index in [4.69, 9.17) is 16.3 Å². The molecule has 100 valence electrons. The van der Waals surface area contributed by atoms with Crippen molar-refractivity contribution < 1.29 is 14.3 Å². The van der Waals surface area contributed by atoms with Crippen LogP contribution in [0.5, 0.6) is 0 Å². The second kappa shape index (κ2) is 7.67. The van der Waals surface area contributed by atoms with Gasteiger partial charge < -0.3 is 10.1 Å². The molecule has 4 nitrogen and oxygen atoms in total. The highest BCUT2D eigenvalue weighted by Crippen LogP contribution is 2.22. The number of carbonyl (C=O) groups is 2. The molecule has 0 saturated heterocycles. The summed E-state index contributed by atoms with van der Waals surface area (Å²) in [6.07, 6.45) is 0. The molecule has 0 aliphatic heterocycles. The molecule has 0 rings (SSSR count). The number of carbonyl (C=O) groups excluding carboxylic acids is 2. The Morgan fingerprint density at radius 1 is 1.29 bits per heavy atom. The molecule has 1 N–H and O–H groups in total. The number of esters is 1. The zero-order valence-electron chi connectivity index (χ0n) is 11.0. The molecule has 0 aliphatic carbocycles. The van der Waals surface area contributed by atoms with Crippen molar-refractivity contribution in [3.8, 4) is 0 Å². The highest BCUT2D eigenvalue weighted by atomic mass is 35.5. The van der Waals surface area contributed by atoms with Crippen LogP contribution in [0.2, 0.25) is 0 Å². The number of hydrogen-bond acceptors (Lipinski definition) is 4. The van der Waals surface area contributed by atoms with E-state index < -0.39 is 11.4 Å². The Morgan fingerprint density at radius 3 is 2.35 bits per heavy atom. The molecule has 0 fully saturated rings. The lowest BCUT2D eigenvalue weighted by molar-refractivity contribution is -0.159. The average Bonchev–Trinajstić information content (AvgIpc) is 2.27. The summed E-state index contributed by atoms with van der Waals surface area (Å²) >= 11 is 5.48. The largest absolute Gasteiger partial charge is 0.464 e. The van der Waals surface area contributed by atoms with Gasteiger partial charge in [0.05, 0.1) is 0 Å². The molecule has 0 aromatic heterocycles. The minimum atomic E-state index is -1.07. The lowest BCUT2D eigenvalue weighted by atomic mass is 9.82. The highest BCUT2D eigenvalue weighted by Gasteiger charge is 2.38. The predicted molar refractivity (Wildman–Crippen MR) is 68.2 cm³/mol. The third kappa shape index (κ3) is 5.50. The second-order valence-electron chi connectivity index (χ2n) is 4.72. The molecule has 0 radical (unpaired) electrons. The van der Waals surface area contributed by atoms with Crippen LogP contribution in [0.4, 0.5) is 0 Å². The van der Waals surface area contributed by atoms with Crippen molar-refractivity contribution in [2.24, 2.45) is 11.3 Å². The molecule has 0 amide bonds. The van der Waals surface area contributed by atoms with E-state index in [0.717, 1.165) is 0 Å². The predicted octanol–water partition coefficient (Wildman–Crippen LogP) is 1.61. The van der Waals surface area contributed by atoms with Crippen LogP contribution in [0.15, 0.2) is 0 Å². The van der Waals surface area contributed by atoms with Crippen molar-refractivity contribution in [3.05, 3.63) is 0 Å². The number of Topliss-reactive ketones (excluding diaryl/α,β-unsaturated/α-hetero) is 1. The van der Waals surface area contributed by atoms with Gasteiger partial charge in [-0.1, -0.05) is 13.8 Å². The molecule has 5 heteroatoms. The first-order valence-corrected chi connectivity index (χ1v) is 6.35. The van der Waals surface area contributed by atoms with Crippen molar-refractivity contribution in [1.82, 2.24) is 5.32 Å². The van der Waals surface area contributed by atoms with Crippen LogP contribution in [-0.4, -0.2) is 37.3 Å². The summed E-state index contributed by atoms with van der Waals surface area (Å²) in [5.74, 6) is -0.224. The fourth-order valence-electron chi connectivity index (χ4n) is 1.41. The van der Waals surface area contributed by atoms with Gasteiger partial charge in [-0.25, -0.2) is 0 Å². The number of ether oxygens (including phenoxy) is 1. The van der Waals surface area contributed by atoms with Crippen molar-refractivity contribution in [1.29, 1.82) is 0 Å². The van der Waals surface area contributed by atoms with E-state index >= 15 is 0 Å². The van der Waals surface area contributed by atoms with E-state index in [9.17, 15) is 9.59 Å². The summed E-state index contributed by atoms with van der Waals surface area (Å²) in [6, 6.07) is 0. The van der Waals surface area contributed by atoms with E-state index in [-0.39, 0.29) is 18.3 Å². The first kappa shape index (κ1) is 16.4. The number of halogens is 1. The summed E-state index contributed by atoms with van der Waals surface area (Å²) in [7, 11) is 0. The van der Waals surface area contributed by atoms with Crippen LogP contribution in [0.25, 0.3) is 0 Å². The Bertz CT molecular complexity index is 264. The minimum Gasteiger partial charge on any atom is -0.464 e. The molecule has 0 aromatic rings. The molecular weight excluding hydrogens is 242 g/mol. The Balaban J connectivity index is 4.08. The van der Waals surface area contributed by atoms with Gasteiger partial charge in [0.2, 0.25) is 0 Å². The maximum absolute atomic E-state index is 11.8. The van der Waals surface area contributed by atoms with Crippen molar-refractivity contribution in [2.45, 2.75) is 27.7 Å². The topological polar surface area (TPSA) is 55.4 Å². The zero-order chi connectivity index (χ0) is 13.5. The van der Waals surface area contributed by atoms with Crippen LogP contribution in [-0.2, 0) is 14.3 Å². The van der Waals surface area contributed by atoms with Gasteiger partial charge in [0.25, 0.3) is 0 Å². The van der Waals surface area contributed by atoms with Gasteiger partial charge in [-0.15, -0.1) is 11.6 Å². The third-order valence-electron chi connectivity index (χ3n) is 2.43. The van der Waals surface area contributed by atoms with Crippen LogP contribution < -0.4 is 5.32 Å². The molecule has 0 spiro atoms. The van der Waals surface area contributed by atoms with Gasteiger partial charge in [0.1, 0.15) is 12.0 Å². The van der Waals surface area contributed by atoms with Crippen LogP contribution in [0.3, 0.4) is 0 Å². The summed E-state index contributed by atoms with van der Waals surface area (Å²) < 4.78 is 5.06. The van der Waals surface area contributed by atoms with Crippen molar-refractivity contribution in [2.75, 3.05) is 25.6 Å². The maximum Gasteiger partial charge on any atom is 0.319 e. The van der Waals surface area contributed by atoms with E-state index in [1.54, 1.807) is 27.7 Å². The summed E-state index contributed by atoms with van der Waals surface area (Å²) in [6.45, 7) is 8.23. The molecule has 0 saturated carbocycles. The molecule has 0 aliphatic rings. The summed E-state index contributed by atoms with van der Waals surface area (Å²) in [5, 5.41) is 3.00. The lowest BCUT2D eigenvalue weighted by Gasteiger charge is -2.23. The summed E-state index contributed by atoms with van der Waals surface area (Å²) in [4.78, 5) is 23.6. The van der Waals surface area contributed by atoms with Crippen LogP contribution in [0.1, 0.15) is 27.7 Å². The van der Waals surface area contributed by atoms with Gasteiger partial charge >= 0.3 is 5.97 Å². The standard InChI is InChI=1S/C12H22ClNO3/c1-9(2)10(15)12(3,4)11(16)17-8-7-14-6-5-13/h9,14H,5-8H2,1-4H3. The third-order valence-corrected chi connectivity index (χ3v) is 2.62. The van der Waals surface area contributed by atoms with E-state index in [2.05, 4.69) is 5.32 Å². The average molecular weight is 264 g/mol. The number of alkyl halides is 1. The Morgan fingerprint density at radius 2 is 1.88 bits per heavy atom.